The van der Waals surface area contributed by atoms with Crippen LogP contribution < -0.4 is 10.6 Å². The summed E-state index contributed by atoms with van der Waals surface area (Å²) in [5, 5.41) is 13.7. The number of carbonyl (C=O) groups excluding carboxylic acids is 2. The van der Waals surface area contributed by atoms with Crippen molar-refractivity contribution in [3.8, 4) is 0 Å². The third-order valence-electron chi connectivity index (χ3n) is 2.84. The molecule has 0 radical (unpaired) electrons. The molecule has 1 aromatic carbocycles. The van der Waals surface area contributed by atoms with Crippen LogP contribution in [0.1, 0.15) is 33.6 Å². The van der Waals surface area contributed by atoms with E-state index in [1.807, 2.05) is 20.8 Å². The van der Waals surface area contributed by atoms with E-state index in [4.69, 9.17) is 4.42 Å². The number of amides is 2. The van der Waals surface area contributed by atoms with Crippen LogP contribution in [0.4, 0.5) is 11.4 Å². The lowest BCUT2D eigenvalue weighted by Crippen LogP contribution is -2.14. The highest BCUT2D eigenvalue weighted by Crippen LogP contribution is 2.24. The van der Waals surface area contributed by atoms with Crippen LogP contribution in [-0.2, 0) is 15.0 Å². The monoisotopic (exact) mass is 348 g/mol. The first-order chi connectivity index (χ1) is 11.2. The molecule has 2 N–H and O–H groups in total. The van der Waals surface area contributed by atoms with Crippen LogP contribution in [0, 0.1) is 0 Å². The van der Waals surface area contributed by atoms with E-state index in [1.54, 1.807) is 24.3 Å². The predicted molar refractivity (Wildman–Crippen MR) is 93.1 cm³/mol. The number of rotatable bonds is 5. The standard InChI is InChI=1S/C16H20N4O3S/c1-10(21)17-11-6-5-7-12(8-11)18-13(22)9-24-15-20-19-14(23-15)16(2,3)4/h5-8H,9H2,1-4H3,(H,17,21)(H,18,22). The molecule has 0 aliphatic rings. The molecule has 0 aliphatic carbocycles. The van der Waals surface area contributed by atoms with Crippen molar-refractivity contribution in [3.05, 3.63) is 30.2 Å². The van der Waals surface area contributed by atoms with Crippen LogP contribution in [-0.4, -0.2) is 27.8 Å². The molecule has 0 saturated heterocycles. The first-order valence-electron chi connectivity index (χ1n) is 7.38. The molecule has 0 bridgehead atoms. The summed E-state index contributed by atoms with van der Waals surface area (Å²) in [5.74, 6) is 0.319. The normalized spacial score (nSPS) is 11.2. The van der Waals surface area contributed by atoms with Crippen LogP contribution >= 0.6 is 11.8 Å². The molecule has 1 aromatic heterocycles. The van der Waals surface area contributed by atoms with Gasteiger partial charge >= 0.3 is 0 Å². The maximum Gasteiger partial charge on any atom is 0.277 e. The molecule has 0 spiro atoms. The molecule has 2 rings (SSSR count). The second-order valence-corrected chi connectivity index (χ2v) is 7.15. The zero-order valence-corrected chi connectivity index (χ0v) is 14.9. The number of hydrogen-bond donors (Lipinski definition) is 2. The Morgan fingerprint density at radius 1 is 1.17 bits per heavy atom. The first-order valence-corrected chi connectivity index (χ1v) is 8.37. The molecule has 128 valence electrons. The van der Waals surface area contributed by atoms with E-state index in [-0.39, 0.29) is 23.0 Å². The van der Waals surface area contributed by atoms with Gasteiger partial charge in [0.25, 0.3) is 5.22 Å². The number of nitrogens with one attached hydrogen (secondary N) is 2. The molecule has 2 aromatic rings. The highest BCUT2D eigenvalue weighted by molar-refractivity contribution is 7.99. The average molecular weight is 348 g/mol. The summed E-state index contributed by atoms with van der Waals surface area (Å²) in [6, 6.07) is 6.94. The molecule has 0 aliphatic heterocycles. The van der Waals surface area contributed by atoms with Gasteiger partial charge in [-0.15, -0.1) is 10.2 Å². The van der Waals surface area contributed by atoms with Gasteiger partial charge in [0.15, 0.2) is 0 Å². The molecule has 7 nitrogen and oxygen atoms in total. The summed E-state index contributed by atoms with van der Waals surface area (Å²) < 4.78 is 5.52. The third kappa shape index (κ3) is 5.38. The Hall–Kier alpha value is -2.35. The second-order valence-electron chi connectivity index (χ2n) is 6.22. The minimum atomic E-state index is -0.224. The van der Waals surface area contributed by atoms with Gasteiger partial charge < -0.3 is 15.1 Å². The van der Waals surface area contributed by atoms with Crippen molar-refractivity contribution in [1.29, 1.82) is 0 Å². The molecule has 2 amide bonds. The average Bonchev–Trinajstić information content (AvgIpc) is 2.94. The van der Waals surface area contributed by atoms with Crippen LogP contribution in [0.15, 0.2) is 33.9 Å². The van der Waals surface area contributed by atoms with Crippen LogP contribution in [0.25, 0.3) is 0 Å². The van der Waals surface area contributed by atoms with Gasteiger partial charge in [-0.2, -0.15) is 0 Å². The summed E-state index contributed by atoms with van der Waals surface area (Å²) in [5.41, 5.74) is 1.01. The minimum Gasteiger partial charge on any atom is -0.415 e. The largest absolute Gasteiger partial charge is 0.415 e. The number of nitrogens with zero attached hydrogens (tertiary/aromatic N) is 2. The van der Waals surface area contributed by atoms with Crippen molar-refractivity contribution in [2.24, 2.45) is 0 Å². The zero-order chi connectivity index (χ0) is 17.7. The molecule has 8 heteroatoms. The summed E-state index contributed by atoms with van der Waals surface area (Å²) in [6.45, 7) is 7.36. The lowest BCUT2D eigenvalue weighted by atomic mass is 9.97. The lowest BCUT2D eigenvalue weighted by Gasteiger charge is -2.10. The van der Waals surface area contributed by atoms with Crippen molar-refractivity contribution < 1.29 is 14.0 Å². The number of carbonyl (C=O) groups is 2. The topological polar surface area (TPSA) is 97.1 Å². The lowest BCUT2D eigenvalue weighted by molar-refractivity contribution is -0.114. The van der Waals surface area contributed by atoms with Gasteiger partial charge in [-0.25, -0.2) is 0 Å². The molecule has 0 atom stereocenters. The third-order valence-corrected chi connectivity index (χ3v) is 3.66. The van der Waals surface area contributed by atoms with E-state index in [0.717, 1.165) is 0 Å². The molecular formula is C16H20N4O3S. The van der Waals surface area contributed by atoms with Gasteiger partial charge in [0.2, 0.25) is 17.7 Å². The van der Waals surface area contributed by atoms with E-state index in [9.17, 15) is 9.59 Å². The molecule has 24 heavy (non-hydrogen) atoms. The molecule has 1 heterocycles. The zero-order valence-electron chi connectivity index (χ0n) is 14.0. The van der Waals surface area contributed by atoms with E-state index >= 15 is 0 Å². The van der Waals surface area contributed by atoms with E-state index in [2.05, 4.69) is 20.8 Å². The number of aromatic nitrogens is 2. The van der Waals surface area contributed by atoms with Crippen LogP contribution in [0.5, 0.6) is 0 Å². The minimum absolute atomic E-state index is 0.149. The number of anilines is 2. The Kier molecular flexibility index (Phi) is 5.61. The van der Waals surface area contributed by atoms with Crippen molar-refractivity contribution in [3.63, 3.8) is 0 Å². The highest BCUT2D eigenvalue weighted by atomic mass is 32.2. The Bertz CT molecular complexity index is 737. The smallest absolute Gasteiger partial charge is 0.277 e. The summed E-state index contributed by atoms with van der Waals surface area (Å²) in [6.07, 6.45) is 0. The van der Waals surface area contributed by atoms with Gasteiger partial charge in [-0.3, -0.25) is 9.59 Å². The summed E-state index contributed by atoms with van der Waals surface area (Å²) in [7, 11) is 0. The molecule has 0 unspecified atom stereocenters. The van der Waals surface area contributed by atoms with Gasteiger partial charge in [0.1, 0.15) is 0 Å². The molecular weight excluding hydrogens is 328 g/mol. The van der Waals surface area contributed by atoms with Gasteiger partial charge in [0.05, 0.1) is 5.75 Å². The fourth-order valence-corrected chi connectivity index (χ4v) is 2.34. The quantitative estimate of drug-likeness (QED) is 0.806. The Labute approximate surface area is 144 Å². The van der Waals surface area contributed by atoms with Crippen molar-refractivity contribution in [2.45, 2.75) is 38.3 Å². The van der Waals surface area contributed by atoms with Crippen LogP contribution in [0.3, 0.4) is 0 Å². The fourth-order valence-electron chi connectivity index (χ4n) is 1.77. The maximum atomic E-state index is 12.0. The Morgan fingerprint density at radius 3 is 2.42 bits per heavy atom. The molecule has 0 fully saturated rings. The van der Waals surface area contributed by atoms with Crippen molar-refractivity contribution in [1.82, 2.24) is 10.2 Å². The number of benzene rings is 1. The number of thioether (sulfide) groups is 1. The van der Waals surface area contributed by atoms with Crippen LogP contribution in [0.2, 0.25) is 0 Å². The van der Waals surface area contributed by atoms with Gasteiger partial charge in [0, 0.05) is 23.7 Å². The second kappa shape index (κ2) is 7.48. The van der Waals surface area contributed by atoms with E-state index < -0.39 is 0 Å². The van der Waals surface area contributed by atoms with Gasteiger partial charge in [-0.1, -0.05) is 38.6 Å². The van der Waals surface area contributed by atoms with E-state index in [1.165, 1.54) is 18.7 Å². The summed E-state index contributed by atoms with van der Waals surface area (Å²) >= 11 is 1.18. The van der Waals surface area contributed by atoms with E-state index in [0.29, 0.717) is 22.5 Å². The van der Waals surface area contributed by atoms with Gasteiger partial charge in [-0.05, 0) is 18.2 Å². The molecule has 0 saturated carbocycles. The fraction of sp³-hybridized carbons (Fsp3) is 0.375. The first kappa shape index (κ1) is 18.0. The SMILES string of the molecule is CC(=O)Nc1cccc(NC(=O)CSc2nnc(C(C)(C)C)o2)c1. The predicted octanol–water partition coefficient (Wildman–Crippen LogP) is 3.06. The van der Waals surface area contributed by atoms with Crippen molar-refractivity contribution >= 4 is 35.0 Å². The Morgan fingerprint density at radius 2 is 1.83 bits per heavy atom. The maximum absolute atomic E-state index is 12.0. The van der Waals surface area contributed by atoms with Crippen molar-refractivity contribution in [2.75, 3.05) is 16.4 Å². The number of hydrogen-bond acceptors (Lipinski definition) is 6. The Balaban J connectivity index is 1.89. The highest BCUT2D eigenvalue weighted by Gasteiger charge is 2.21. The summed E-state index contributed by atoms with van der Waals surface area (Å²) in [4.78, 5) is 23.1.